The average molecular weight is 171 g/mol. The second-order valence-electron chi connectivity index (χ2n) is 3.17. The normalized spacial score (nSPS) is 10.6. The molecule has 12 heavy (non-hydrogen) atoms. The van der Waals surface area contributed by atoms with Crippen LogP contribution in [0.5, 0.6) is 0 Å². The Morgan fingerprint density at radius 3 is 2.42 bits per heavy atom. The zero-order chi connectivity index (χ0) is 9.40. The van der Waals surface area contributed by atoms with Crippen molar-refractivity contribution in [3.8, 4) is 0 Å². The molecule has 1 N–H and O–H groups in total. The van der Waals surface area contributed by atoms with Crippen LogP contribution in [0.1, 0.15) is 45.4 Å². The fraction of sp³-hybridized carbons (Fsp3) is 0.800. The van der Waals surface area contributed by atoms with Crippen LogP contribution in [0.3, 0.4) is 0 Å². The predicted octanol–water partition coefficient (Wildman–Crippen LogP) is 2.88. The first-order valence-corrected chi connectivity index (χ1v) is 4.74. The molecule has 0 rings (SSSR count). The molecule has 1 unspecified atom stereocenters. The van der Waals surface area contributed by atoms with Gasteiger partial charge in [0.1, 0.15) is 0 Å². The quantitative estimate of drug-likeness (QED) is 0.639. The predicted molar refractivity (Wildman–Crippen MR) is 49.9 cm³/mol. The first-order valence-electron chi connectivity index (χ1n) is 4.74. The molecular weight excluding hydrogens is 152 g/mol. The lowest BCUT2D eigenvalue weighted by Crippen LogP contribution is -2.13. The Labute approximate surface area is 75.0 Å². The molecular formula is C10H19O2. The molecule has 0 aromatic heterocycles. The minimum atomic E-state index is -0.642. The number of carboxylic acid groups (broad SMARTS) is 1. The number of aliphatic carboxylic acids is 1. The van der Waals surface area contributed by atoms with Crippen LogP contribution in [0.25, 0.3) is 0 Å². The van der Waals surface area contributed by atoms with E-state index >= 15 is 0 Å². The Morgan fingerprint density at radius 2 is 2.00 bits per heavy atom. The second-order valence-corrected chi connectivity index (χ2v) is 3.17. The lowest BCUT2D eigenvalue weighted by molar-refractivity contribution is -0.142. The van der Waals surface area contributed by atoms with Crippen LogP contribution in [-0.2, 0) is 4.79 Å². The minimum Gasteiger partial charge on any atom is -0.481 e. The van der Waals surface area contributed by atoms with E-state index in [0.29, 0.717) is 0 Å². The molecule has 1 atom stereocenters. The fourth-order valence-electron chi connectivity index (χ4n) is 1.23. The van der Waals surface area contributed by atoms with Crippen LogP contribution in [0.2, 0.25) is 0 Å². The summed E-state index contributed by atoms with van der Waals surface area (Å²) in [6.07, 6.45) is 5.49. The molecule has 0 aliphatic carbocycles. The molecule has 2 heteroatoms. The summed E-state index contributed by atoms with van der Waals surface area (Å²) in [5.41, 5.74) is 0. The van der Waals surface area contributed by atoms with Crippen molar-refractivity contribution >= 4 is 5.97 Å². The number of hydrogen-bond acceptors (Lipinski definition) is 1. The number of hydrogen-bond donors (Lipinski definition) is 1. The molecule has 0 amide bonds. The summed E-state index contributed by atoms with van der Waals surface area (Å²) < 4.78 is 0. The summed E-state index contributed by atoms with van der Waals surface area (Å²) >= 11 is 0. The van der Waals surface area contributed by atoms with Gasteiger partial charge in [0, 0.05) is 0 Å². The molecule has 1 radical (unpaired) electrons. The number of carbonyl (C=O) groups is 1. The molecule has 0 fully saturated rings. The van der Waals surface area contributed by atoms with E-state index < -0.39 is 5.97 Å². The zero-order valence-electron chi connectivity index (χ0n) is 7.88. The lowest BCUT2D eigenvalue weighted by Gasteiger charge is -2.09. The molecule has 71 valence electrons. The summed E-state index contributed by atoms with van der Waals surface area (Å²) in [5.74, 6) is -0.774. The Kier molecular flexibility index (Phi) is 6.82. The van der Waals surface area contributed by atoms with Crippen molar-refractivity contribution in [1.29, 1.82) is 0 Å². The summed E-state index contributed by atoms with van der Waals surface area (Å²) in [5, 5.41) is 8.81. The number of rotatable bonds is 7. The monoisotopic (exact) mass is 171 g/mol. The van der Waals surface area contributed by atoms with Gasteiger partial charge in [-0.1, -0.05) is 39.5 Å². The highest BCUT2D eigenvalue weighted by Gasteiger charge is 2.15. The zero-order valence-corrected chi connectivity index (χ0v) is 7.88. The average Bonchev–Trinajstić information content (AvgIpc) is 2.04. The highest BCUT2D eigenvalue weighted by molar-refractivity contribution is 5.69. The van der Waals surface area contributed by atoms with Gasteiger partial charge in [-0.25, -0.2) is 0 Å². The Bertz CT molecular complexity index is 113. The van der Waals surface area contributed by atoms with Crippen LogP contribution >= 0.6 is 0 Å². The van der Waals surface area contributed by atoms with E-state index in [9.17, 15) is 4.79 Å². The number of unbranched alkanes of at least 4 members (excludes halogenated alkanes) is 2. The molecule has 0 spiro atoms. The van der Waals surface area contributed by atoms with E-state index in [1.165, 1.54) is 0 Å². The third-order valence-corrected chi connectivity index (χ3v) is 2.06. The van der Waals surface area contributed by atoms with E-state index in [1.54, 1.807) is 0 Å². The molecule has 0 aliphatic heterocycles. The third-order valence-electron chi connectivity index (χ3n) is 2.06. The standard InChI is InChI=1S/C10H19O2/c1-3-5-7-9(10(11)12)8-6-4-2/h9H,1,3-8H2,2H3,(H,11,12). The molecule has 0 heterocycles. The van der Waals surface area contributed by atoms with Crippen molar-refractivity contribution in [3.05, 3.63) is 6.92 Å². The smallest absolute Gasteiger partial charge is 0.306 e. The summed E-state index contributed by atoms with van der Waals surface area (Å²) in [7, 11) is 0. The van der Waals surface area contributed by atoms with Gasteiger partial charge in [-0.15, -0.1) is 0 Å². The van der Waals surface area contributed by atoms with Crippen molar-refractivity contribution in [1.82, 2.24) is 0 Å². The molecule has 0 saturated carbocycles. The van der Waals surface area contributed by atoms with Crippen LogP contribution in [-0.4, -0.2) is 11.1 Å². The van der Waals surface area contributed by atoms with Crippen LogP contribution in [0.4, 0.5) is 0 Å². The van der Waals surface area contributed by atoms with Crippen LogP contribution in [0, 0.1) is 12.8 Å². The molecule has 0 aromatic carbocycles. The van der Waals surface area contributed by atoms with Gasteiger partial charge < -0.3 is 5.11 Å². The Morgan fingerprint density at radius 1 is 1.42 bits per heavy atom. The van der Waals surface area contributed by atoms with Crippen molar-refractivity contribution in [3.63, 3.8) is 0 Å². The van der Waals surface area contributed by atoms with E-state index in [-0.39, 0.29) is 5.92 Å². The molecule has 0 saturated heterocycles. The van der Waals surface area contributed by atoms with Gasteiger partial charge in [0.25, 0.3) is 0 Å². The van der Waals surface area contributed by atoms with Gasteiger partial charge in [0.05, 0.1) is 5.92 Å². The topological polar surface area (TPSA) is 37.3 Å². The maximum atomic E-state index is 10.7. The van der Waals surface area contributed by atoms with Gasteiger partial charge in [-0.3, -0.25) is 4.79 Å². The SMILES string of the molecule is [CH2]CCCC(CCCC)C(=O)O. The van der Waals surface area contributed by atoms with E-state index in [1.807, 2.05) is 0 Å². The fourth-order valence-corrected chi connectivity index (χ4v) is 1.23. The first kappa shape index (κ1) is 11.5. The summed E-state index contributed by atoms with van der Waals surface area (Å²) in [4.78, 5) is 10.7. The maximum absolute atomic E-state index is 10.7. The molecule has 2 nitrogen and oxygen atoms in total. The third kappa shape index (κ3) is 5.16. The highest BCUT2D eigenvalue weighted by Crippen LogP contribution is 2.15. The van der Waals surface area contributed by atoms with Crippen molar-refractivity contribution in [2.45, 2.75) is 45.4 Å². The van der Waals surface area contributed by atoms with Gasteiger partial charge in [0.15, 0.2) is 0 Å². The van der Waals surface area contributed by atoms with Crippen molar-refractivity contribution in [2.75, 3.05) is 0 Å². The second kappa shape index (κ2) is 7.14. The van der Waals surface area contributed by atoms with Crippen LogP contribution in [0.15, 0.2) is 0 Å². The van der Waals surface area contributed by atoms with Gasteiger partial charge in [-0.05, 0) is 12.8 Å². The molecule has 0 aliphatic rings. The van der Waals surface area contributed by atoms with Gasteiger partial charge in [-0.2, -0.15) is 0 Å². The van der Waals surface area contributed by atoms with Crippen molar-refractivity contribution in [2.24, 2.45) is 5.92 Å². The Balaban J connectivity index is 3.62. The maximum Gasteiger partial charge on any atom is 0.306 e. The largest absolute Gasteiger partial charge is 0.481 e. The minimum absolute atomic E-state index is 0.133. The Hall–Kier alpha value is -0.530. The van der Waals surface area contributed by atoms with E-state index in [2.05, 4.69) is 13.8 Å². The van der Waals surface area contributed by atoms with E-state index in [4.69, 9.17) is 5.11 Å². The lowest BCUT2D eigenvalue weighted by atomic mass is 9.96. The number of carboxylic acids is 1. The van der Waals surface area contributed by atoms with E-state index in [0.717, 1.165) is 38.5 Å². The van der Waals surface area contributed by atoms with Crippen molar-refractivity contribution < 1.29 is 9.90 Å². The molecule has 0 aromatic rings. The summed E-state index contributed by atoms with van der Waals surface area (Å²) in [6.45, 7) is 5.79. The van der Waals surface area contributed by atoms with Gasteiger partial charge in [0.2, 0.25) is 0 Å². The molecule has 0 bridgehead atoms. The summed E-state index contributed by atoms with van der Waals surface area (Å²) in [6, 6.07) is 0. The van der Waals surface area contributed by atoms with Gasteiger partial charge >= 0.3 is 5.97 Å². The van der Waals surface area contributed by atoms with Crippen LogP contribution < -0.4 is 0 Å². The highest BCUT2D eigenvalue weighted by atomic mass is 16.4. The first-order chi connectivity index (χ1) is 5.72.